The summed E-state index contributed by atoms with van der Waals surface area (Å²) in [4.78, 5) is 33.8. The molecule has 22 heavy (non-hydrogen) atoms. The monoisotopic (exact) mass is 316 g/mol. The first-order chi connectivity index (χ1) is 9.92. The van der Waals surface area contributed by atoms with E-state index in [-0.39, 0.29) is 5.41 Å². The Hall–Kier alpha value is -1.63. The van der Waals surface area contributed by atoms with Gasteiger partial charge in [-0.25, -0.2) is 4.79 Å². The molecule has 7 nitrogen and oxygen atoms in total. The third-order valence-corrected chi connectivity index (χ3v) is 4.75. The number of carbonyl (C=O) groups excluding carboxylic acids is 1. The van der Waals surface area contributed by atoms with Crippen LogP contribution in [0, 0.1) is 5.41 Å². The average Bonchev–Trinajstić information content (AvgIpc) is 2.31. The van der Waals surface area contributed by atoms with Crippen LogP contribution in [-0.2, 0) is 19.1 Å². The van der Waals surface area contributed by atoms with Crippen molar-refractivity contribution in [3.8, 4) is 0 Å². The summed E-state index contributed by atoms with van der Waals surface area (Å²) in [5.41, 5.74) is -3.68. The van der Waals surface area contributed by atoms with Crippen LogP contribution in [0.2, 0.25) is 0 Å². The van der Waals surface area contributed by atoms with Crippen molar-refractivity contribution in [3.05, 3.63) is 0 Å². The van der Waals surface area contributed by atoms with E-state index in [9.17, 15) is 19.5 Å². The van der Waals surface area contributed by atoms with E-state index in [1.54, 1.807) is 6.92 Å². The molecule has 0 spiro atoms. The van der Waals surface area contributed by atoms with Gasteiger partial charge in [0.15, 0.2) is 5.60 Å². The molecular weight excluding hydrogens is 292 g/mol. The van der Waals surface area contributed by atoms with Crippen molar-refractivity contribution in [2.75, 3.05) is 0 Å². The van der Waals surface area contributed by atoms with Crippen molar-refractivity contribution in [3.63, 3.8) is 0 Å². The van der Waals surface area contributed by atoms with Gasteiger partial charge in [-0.15, -0.1) is 0 Å². The second-order valence-electron chi connectivity index (χ2n) is 6.88. The summed E-state index contributed by atoms with van der Waals surface area (Å²) in [5, 5.41) is 27.6. The van der Waals surface area contributed by atoms with E-state index in [2.05, 4.69) is 0 Å². The zero-order chi connectivity index (χ0) is 17.2. The summed E-state index contributed by atoms with van der Waals surface area (Å²) in [6, 6.07) is 0. The van der Waals surface area contributed by atoms with Crippen LogP contribution in [0.25, 0.3) is 0 Å². The molecule has 1 saturated carbocycles. The van der Waals surface area contributed by atoms with Crippen LogP contribution in [0.4, 0.5) is 0 Å². The Morgan fingerprint density at radius 1 is 1.05 bits per heavy atom. The number of carbonyl (C=O) groups is 3. The lowest BCUT2D eigenvalue weighted by atomic mass is 9.66. The van der Waals surface area contributed by atoms with Gasteiger partial charge < -0.3 is 20.1 Å². The SMILES string of the molecule is CC1(C)CCCCC1(C)OC(=O)CC(O)(CC(=O)O)C(=O)O. The smallest absolute Gasteiger partial charge is 0.336 e. The molecule has 2 unspecified atom stereocenters. The van der Waals surface area contributed by atoms with Crippen molar-refractivity contribution in [2.24, 2.45) is 5.41 Å². The molecule has 0 bridgehead atoms. The van der Waals surface area contributed by atoms with E-state index in [0.717, 1.165) is 19.3 Å². The summed E-state index contributed by atoms with van der Waals surface area (Å²) in [7, 11) is 0. The van der Waals surface area contributed by atoms with E-state index in [1.165, 1.54) is 0 Å². The maximum absolute atomic E-state index is 12.1. The second-order valence-corrected chi connectivity index (χ2v) is 6.88. The third kappa shape index (κ3) is 3.97. The van der Waals surface area contributed by atoms with E-state index in [4.69, 9.17) is 14.9 Å². The molecule has 126 valence electrons. The highest BCUT2D eigenvalue weighted by molar-refractivity contribution is 5.88. The molecule has 0 radical (unpaired) electrons. The Bertz CT molecular complexity index is 471. The molecule has 3 N–H and O–H groups in total. The molecule has 0 aromatic heterocycles. The molecule has 1 aliphatic carbocycles. The predicted molar refractivity (Wildman–Crippen MR) is 76.2 cm³/mol. The van der Waals surface area contributed by atoms with Crippen LogP contribution in [0.5, 0.6) is 0 Å². The molecule has 1 rings (SSSR count). The average molecular weight is 316 g/mol. The highest BCUT2D eigenvalue weighted by Crippen LogP contribution is 2.46. The van der Waals surface area contributed by atoms with Gasteiger partial charge in [-0.1, -0.05) is 20.3 Å². The zero-order valence-corrected chi connectivity index (χ0v) is 13.2. The Morgan fingerprint density at radius 3 is 2.05 bits per heavy atom. The van der Waals surface area contributed by atoms with Gasteiger partial charge >= 0.3 is 17.9 Å². The Morgan fingerprint density at radius 2 is 1.59 bits per heavy atom. The molecule has 1 fully saturated rings. The molecule has 0 aromatic carbocycles. The van der Waals surface area contributed by atoms with Crippen molar-refractivity contribution in [1.29, 1.82) is 0 Å². The molecule has 0 saturated heterocycles. The van der Waals surface area contributed by atoms with Gasteiger partial charge in [0, 0.05) is 5.41 Å². The molecule has 7 heteroatoms. The Balaban J connectivity index is 2.83. The summed E-state index contributed by atoms with van der Waals surface area (Å²) in [6.07, 6.45) is 1.49. The fourth-order valence-corrected chi connectivity index (χ4v) is 2.81. The van der Waals surface area contributed by atoms with Crippen LogP contribution >= 0.6 is 0 Å². The Labute approximate surface area is 129 Å². The van der Waals surface area contributed by atoms with Crippen LogP contribution in [0.3, 0.4) is 0 Å². The second kappa shape index (κ2) is 6.24. The summed E-state index contributed by atoms with van der Waals surface area (Å²) in [6.45, 7) is 5.74. The van der Waals surface area contributed by atoms with Gasteiger partial charge in [0.05, 0.1) is 12.8 Å². The standard InChI is InChI=1S/C15H24O7/c1-13(2)6-4-5-7-14(13,3)22-11(18)9-15(21,12(19)20)8-10(16)17/h21H,4-9H2,1-3H3,(H,16,17)(H,19,20). The lowest BCUT2D eigenvalue weighted by Gasteiger charge is -2.47. The van der Waals surface area contributed by atoms with Gasteiger partial charge in [0.25, 0.3) is 0 Å². The van der Waals surface area contributed by atoms with Crippen LogP contribution < -0.4 is 0 Å². The molecule has 0 aromatic rings. The minimum atomic E-state index is -2.65. The molecule has 0 amide bonds. The van der Waals surface area contributed by atoms with Crippen molar-refractivity contribution < 1.29 is 34.4 Å². The number of ether oxygens (including phenoxy) is 1. The van der Waals surface area contributed by atoms with E-state index >= 15 is 0 Å². The molecule has 2 atom stereocenters. The first kappa shape index (κ1) is 18.4. The number of carboxylic acids is 2. The van der Waals surface area contributed by atoms with Crippen molar-refractivity contribution in [1.82, 2.24) is 0 Å². The van der Waals surface area contributed by atoms with Crippen molar-refractivity contribution in [2.45, 2.75) is 70.5 Å². The third-order valence-electron chi connectivity index (χ3n) is 4.75. The number of aliphatic carboxylic acids is 2. The van der Waals surface area contributed by atoms with Gasteiger partial charge in [-0.05, 0) is 26.2 Å². The number of aliphatic hydroxyl groups is 1. The van der Waals surface area contributed by atoms with Gasteiger partial charge in [0.1, 0.15) is 5.60 Å². The number of carboxylic acid groups (broad SMARTS) is 2. The van der Waals surface area contributed by atoms with Crippen molar-refractivity contribution >= 4 is 17.9 Å². The normalized spacial score (nSPS) is 26.7. The van der Waals surface area contributed by atoms with E-state index in [0.29, 0.717) is 6.42 Å². The number of esters is 1. The highest BCUT2D eigenvalue weighted by atomic mass is 16.6. The summed E-state index contributed by atoms with van der Waals surface area (Å²) in [5.74, 6) is -4.15. The number of rotatable bonds is 6. The first-order valence-electron chi connectivity index (χ1n) is 7.31. The van der Waals surface area contributed by atoms with Gasteiger partial charge in [-0.3, -0.25) is 9.59 Å². The van der Waals surface area contributed by atoms with E-state index < -0.39 is 42.0 Å². The minimum Gasteiger partial charge on any atom is -0.481 e. The summed E-state index contributed by atoms with van der Waals surface area (Å²) >= 11 is 0. The first-order valence-corrected chi connectivity index (χ1v) is 7.31. The summed E-state index contributed by atoms with van der Waals surface area (Å²) < 4.78 is 5.47. The lowest BCUT2D eigenvalue weighted by Crippen LogP contribution is -2.50. The van der Waals surface area contributed by atoms with E-state index in [1.807, 2.05) is 13.8 Å². The largest absolute Gasteiger partial charge is 0.481 e. The fraction of sp³-hybridized carbons (Fsp3) is 0.800. The van der Waals surface area contributed by atoms with Gasteiger partial charge in [0.2, 0.25) is 0 Å². The fourth-order valence-electron chi connectivity index (χ4n) is 2.81. The maximum atomic E-state index is 12.1. The minimum absolute atomic E-state index is 0.269. The zero-order valence-electron chi connectivity index (χ0n) is 13.2. The molecular formula is C15H24O7. The molecule has 1 aliphatic rings. The quantitative estimate of drug-likeness (QED) is 0.636. The number of hydrogen-bond acceptors (Lipinski definition) is 5. The van der Waals surface area contributed by atoms with Gasteiger partial charge in [-0.2, -0.15) is 0 Å². The number of hydrogen-bond donors (Lipinski definition) is 3. The maximum Gasteiger partial charge on any atom is 0.336 e. The topological polar surface area (TPSA) is 121 Å². The van der Waals surface area contributed by atoms with Crippen LogP contribution in [-0.4, -0.2) is 44.4 Å². The predicted octanol–water partition coefficient (Wildman–Crippen LogP) is 1.57. The highest BCUT2D eigenvalue weighted by Gasteiger charge is 2.48. The van der Waals surface area contributed by atoms with Crippen LogP contribution in [0.15, 0.2) is 0 Å². The van der Waals surface area contributed by atoms with Crippen LogP contribution in [0.1, 0.15) is 59.3 Å². The Kier molecular flexibility index (Phi) is 5.22. The molecule has 0 heterocycles. The lowest BCUT2D eigenvalue weighted by molar-refractivity contribution is -0.188. The molecule has 0 aliphatic heterocycles.